The molecule has 11 heteroatoms. The van der Waals surface area contributed by atoms with Crippen molar-refractivity contribution in [3.8, 4) is 5.75 Å². The monoisotopic (exact) mass is 436 g/mol. The van der Waals surface area contributed by atoms with Crippen molar-refractivity contribution in [1.82, 2.24) is 19.9 Å². The number of aromatic hydroxyl groups is 1. The number of thioether (sulfide) groups is 1. The second-order valence-corrected chi connectivity index (χ2v) is 7.52. The molecule has 0 aliphatic carbocycles. The molecule has 2 heterocycles. The van der Waals surface area contributed by atoms with Gasteiger partial charge in [-0.3, -0.25) is 4.79 Å². The Labute approximate surface area is 179 Å². The second kappa shape index (κ2) is 8.32. The Morgan fingerprint density at radius 1 is 1.13 bits per heavy atom. The standard InChI is InChI=1S/C20H16N6O4S/c21-20-25-16-14(22-9-23-16)18(26-20)31-15(10-4-2-1-3-5-10)17(28)24-11-6-7-13(27)12(8-11)19(29)30/h1-9,15,27H,(H,24,28)(H,29,30)(H3,21,22,23,25,26)/t15-/m1/s1. The van der Waals surface area contributed by atoms with Crippen LogP contribution in [0.4, 0.5) is 11.6 Å². The summed E-state index contributed by atoms with van der Waals surface area (Å²) in [6, 6.07) is 12.9. The van der Waals surface area contributed by atoms with Crippen LogP contribution in [0, 0.1) is 0 Å². The van der Waals surface area contributed by atoms with Crippen molar-refractivity contribution in [2.24, 2.45) is 0 Å². The number of benzene rings is 2. The highest BCUT2D eigenvalue weighted by atomic mass is 32.2. The highest BCUT2D eigenvalue weighted by Gasteiger charge is 2.25. The van der Waals surface area contributed by atoms with Gasteiger partial charge < -0.3 is 26.2 Å². The SMILES string of the molecule is Nc1nc(S[C@@H](C(=O)Nc2ccc(O)c(C(=O)O)c2)c2ccccc2)c2[nH]cnc2n1. The zero-order valence-corrected chi connectivity index (χ0v) is 16.6. The van der Waals surface area contributed by atoms with Gasteiger partial charge in [0.2, 0.25) is 11.9 Å². The first-order valence-corrected chi connectivity index (χ1v) is 9.85. The van der Waals surface area contributed by atoms with Crippen LogP contribution in [0.25, 0.3) is 11.2 Å². The zero-order valence-electron chi connectivity index (χ0n) is 15.8. The van der Waals surface area contributed by atoms with E-state index in [0.717, 1.165) is 11.8 Å². The van der Waals surface area contributed by atoms with Crippen LogP contribution in [0.5, 0.6) is 5.75 Å². The number of carboxylic acids is 1. The van der Waals surface area contributed by atoms with Crippen LogP contribution in [-0.2, 0) is 4.79 Å². The molecule has 6 N–H and O–H groups in total. The first-order chi connectivity index (χ1) is 14.9. The number of carbonyl (C=O) groups excluding carboxylic acids is 1. The van der Waals surface area contributed by atoms with Crippen molar-refractivity contribution < 1.29 is 19.8 Å². The van der Waals surface area contributed by atoms with E-state index in [1.54, 1.807) is 24.3 Å². The van der Waals surface area contributed by atoms with Crippen LogP contribution >= 0.6 is 11.8 Å². The number of fused-ring (bicyclic) bond motifs is 1. The van der Waals surface area contributed by atoms with Crippen LogP contribution in [-0.4, -0.2) is 42.0 Å². The summed E-state index contributed by atoms with van der Waals surface area (Å²) in [5.41, 5.74) is 7.33. The van der Waals surface area contributed by atoms with Crippen LogP contribution in [0.1, 0.15) is 21.2 Å². The number of imidazole rings is 1. The molecule has 0 fully saturated rings. The van der Waals surface area contributed by atoms with E-state index < -0.39 is 22.9 Å². The van der Waals surface area contributed by atoms with Crippen molar-refractivity contribution in [3.63, 3.8) is 0 Å². The third-order valence-electron chi connectivity index (χ3n) is 4.33. The molecule has 4 rings (SSSR count). The average molecular weight is 436 g/mol. The molecule has 0 saturated carbocycles. The number of nitrogens with one attached hydrogen (secondary N) is 2. The summed E-state index contributed by atoms with van der Waals surface area (Å²) in [6.45, 7) is 0. The van der Waals surface area contributed by atoms with Gasteiger partial charge in [0.1, 0.15) is 27.1 Å². The molecule has 0 radical (unpaired) electrons. The maximum absolute atomic E-state index is 13.2. The number of H-pyrrole nitrogens is 1. The van der Waals surface area contributed by atoms with Crippen molar-refractivity contribution in [2.45, 2.75) is 10.3 Å². The van der Waals surface area contributed by atoms with Gasteiger partial charge in [0.15, 0.2) is 5.65 Å². The number of hydrogen-bond acceptors (Lipinski definition) is 8. The highest BCUT2D eigenvalue weighted by molar-refractivity contribution is 8.00. The van der Waals surface area contributed by atoms with Crippen LogP contribution in [0.15, 0.2) is 59.9 Å². The minimum Gasteiger partial charge on any atom is -0.507 e. The number of amides is 1. The third kappa shape index (κ3) is 4.26. The van der Waals surface area contributed by atoms with Crippen molar-refractivity contribution in [3.05, 3.63) is 66.0 Å². The summed E-state index contributed by atoms with van der Waals surface area (Å²) in [7, 11) is 0. The van der Waals surface area contributed by atoms with Gasteiger partial charge in [0.25, 0.3) is 0 Å². The summed E-state index contributed by atoms with van der Waals surface area (Å²) < 4.78 is 0. The minimum absolute atomic E-state index is 0.0268. The number of aromatic carboxylic acids is 1. The first kappa shape index (κ1) is 20.2. The van der Waals surface area contributed by atoms with E-state index in [1.165, 1.54) is 24.5 Å². The molecule has 2 aromatic carbocycles. The average Bonchev–Trinajstić information content (AvgIpc) is 3.22. The lowest BCUT2D eigenvalue weighted by Gasteiger charge is -2.17. The van der Waals surface area contributed by atoms with Gasteiger partial charge in [0.05, 0.1) is 6.33 Å². The molecule has 4 aromatic rings. The number of aromatic nitrogens is 4. The zero-order chi connectivity index (χ0) is 22.0. The van der Waals surface area contributed by atoms with E-state index in [4.69, 9.17) is 5.73 Å². The lowest BCUT2D eigenvalue weighted by Crippen LogP contribution is -2.19. The Hall–Kier alpha value is -4.12. The fourth-order valence-electron chi connectivity index (χ4n) is 2.91. The Bertz CT molecular complexity index is 1280. The highest BCUT2D eigenvalue weighted by Crippen LogP contribution is 2.38. The number of carbonyl (C=O) groups is 2. The third-order valence-corrected chi connectivity index (χ3v) is 5.57. The first-order valence-electron chi connectivity index (χ1n) is 8.97. The quantitative estimate of drug-likeness (QED) is 0.173. The second-order valence-electron chi connectivity index (χ2n) is 6.42. The molecule has 156 valence electrons. The van der Waals surface area contributed by atoms with Crippen LogP contribution in [0.2, 0.25) is 0 Å². The Kier molecular flexibility index (Phi) is 5.41. The van der Waals surface area contributed by atoms with Gasteiger partial charge >= 0.3 is 5.97 Å². The molecule has 0 saturated heterocycles. The van der Waals surface area contributed by atoms with Crippen LogP contribution in [0.3, 0.4) is 0 Å². The van der Waals surface area contributed by atoms with E-state index in [2.05, 4.69) is 25.3 Å². The predicted molar refractivity (Wildman–Crippen MR) is 115 cm³/mol. The normalized spacial score (nSPS) is 11.9. The van der Waals surface area contributed by atoms with Crippen molar-refractivity contribution in [1.29, 1.82) is 0 Å². The molecular weight excluding hydrogens is 420 g/mol. The number of nitrogens with zero attached hydrogens (tertiary/aromatic N) is 3. The fraction of sp³-hybridized carbons (Fsp3) is 0.0500. The number of phenols is 1. The molecule has 0 bridgehead atoms. The number of aromatic amines is 1. The molecule has 0 aliphatic heterocycles. The van der Waals surface area contributed by atoms with Gasteiger partial charge in [-0.25, -0.2) is 14.8 Å². The summed E-state index contributed by atoms with van der Waals surface area (Å²) in [5, 5.41) is 21.3. The molecule has 10 nitrogen and oxygen atoms in total. The van der Waals surface area contributed by atoms with E-state index >= 15 is 0 Å². The topological polar surface area (TPSA) is 167 Å². The number of carboxylic acid groups (broad SMARTS) is 1. The van der Waals surface area contributed by atoms with E-state index in [-0.39, 0.29) is 17.2 Å². The molecule has 31 heavy (non-hydrogen) atoms. The summed E-state index contributed by atoms with van der Waals surface area (Å²) in [4.78, 5) is 39.8. The smallest absolute Gasteiger partial charge is 0.339 e. The van der Waals surface area contributed by atoms with Gasteiger partial charge in [-0.05, 0) is 23.8 Å². The predicted octanol–water partition coefficient (Wildman–Crippen LogP) is 2.81. The Morgan fingerprint density at radius 2 is 1.90 bits per heavy atom. The number of rotatable bonds is 6. The molecule has 0 spiro atoms. The molecule has 0 aliphatic rings. The molecular formula is C20H16N6O4S. The summed E-state index contributed by atoms with van der Waals surface area (Å²) in [6.07, 6.45) is 1.46. The number of hydrogen-bond donors (Lipinski definition) is 5. The summed E-state index contributed by atoms with van der Waals surface area (Å²) >= 11 is 1.15. The number of nitrogen functional groups attached to an aromatic ring is 1. The van der Waals surface area contributed by atoms with Crippen molar-refractivity contribution >= 4 is 46.4 Å². The lowest BCUT2D eigenvalue weighted by molar-refractivity contribution is -0.115. The minimum atomic E-state index is -1.30. The van der Waals surface area contributed by atoms with E-state index in [9.17, 15) is 19.8 Å². The van der Waals surface area contributed by atoms with Gasteiger partial charge in [-0.1, -0.05) is 42.1 Å². The maximum Gasteiger partial charge on any atom is 0.339 e. The van der Waals surface area contributed by atoms with Crippen LogP contribution < -0.4 is 11.1 Å². The van der Waals surface area contributed by atoms with E-state index in [0.29, 0.717) is 21.8 Å². The van der Waals surface area contributed by atoms with E-state index in [1.807, 2.05) is 6.07 Å². The van der Waals surface area contributed by atoms with Gasteiger partial charge in [-0.2, -0.15) is 4.98 Å². The van der Waals surface area contributed by atoms with Crippen molar-refractivity contribution in [2.75, 3.05) is 11.1 Å². The molecule has 1 atom stereocenters. The number of nitrogens with two attached hydrogens (primary N) is 1. The number of anilines is 2. The molecule has 1 amide bonds. The van der Waals surface area contributed by atoms with Gasteiger partial charge in [0, 0.05) is 5.69 Å². The lowest BCUT2D eigenvalue weighted by atomic mass is 10.1. The largest absolute Gasteiger partial charge is 0.507 e. The molecule has 2 aromatic heterocycles. The van der Waals surface area contributed by atoms with Gasteiger partial charge in [-0.15, -0.1) is 0 Å². The maximum atomic E-state index is 13.2. The Balaban J connectivity index is 1.69. The fourth-order valence-corrected chi connectivity index (χ4v) is 4.01. The molecule has 0 unspecified atom stereocenters. The summed E-state index contributed by atoms with van der Waals surface area (Å²) in [5.74, 6) is -2.08. The Morgan fingerprint density at radius 3 is 2.65 bits per heavy atom.